The van der Waals surface area contributed by atoms with E-state index >= 15 is 0 Å². The summed E-state index contributed by atoms with van der Waals surface area (Å²) in [7, 11) is 1.51. The molecule has 4 aromatic rings. The summed E-state index contributed by atoms with van der Waals surface area (Å²) in [5, 5.41) is 22.0. The lowest BCUT2D eigenvalue weighted by Gasteiger charge is -2.12. The van der Waals surface area contributed by atoms with Crippen molar-refractivity contribution in [2.45, 2.75) is 13.5 Å². The number of aromatic hydroxyl groups is 2. The van der Waals surface area contributed by atoms with Gasteiger partial charge >= 0.3 is 0 Å². The van der Waals surface area contributed by atoms with Gasteiger partial charge in [-0.25, -0.2) is 0 Å². The number of ketones is 1. The van der Waals surface area contributed by atoms with Crippen molar-refractivity contribution < 1.29 is 15.0 Å². The summed E-state index contributed by atoms with van der Waals surface area (Å²) >= 11 is 0. The Bertz CT molecular complexity index is 1510. The van der Waals surface area contributed by atoms with Crippen molar-refractivity contribution >= 4 is 33.7 Å². The lowest BCUT2D eigenvalue weighted by atomic mass is 10.0. The molecule has 0 aliphatic heterocycles. The molecule has 7 heteroatoms. The number of fused-ring (bicyclic) bond motifs is 2. The first-order chi connectivity index (χ1) is 14.9. The molecular formula is C24H20N2O5. The van der Waals surface area contributed by atoms with Gasteiger partial charge < -0.3 is 19.3 Å². The second-order valence-corrected chi connectivity index (χ2v) is 7.13. The van der Waals surface area contributed by atoms with Crippen molar-refractivity contribution in [2.75, 3.05) is 0 Å². The SMILES string of the molecule is CCn1c(=O)c(C=CC(=O)c2c(O)c3ccccc3n(C)c2=O)c(O)c2ccccc21. The second kappa shape index (κ2) is 7.60. The molecule has 0 aliphatic carbocycles. The summed E-state index contributed by atoms with van der Waals surface area (Å²) < 4.78 is 2.78. The van der Waals surface area contributed by atoms with E-state index in [2.05, 4.69) is 0 Å². The van der Waals surface area contributed by atoms with E-state index in [0.29, 0.717) is 28.4 Å². The molecule has 0 radical (unpaired) electrons. The van der Waals surface area contributed by atoms with Crippen molar-refractivity contribution in [3.05, 3.63) is 86.4 Å². The number of pyridine rings is 2. The zero-order chi connectivity index (χ0) is 22.3. The van der Waals surface area contributed by atoms with Crippen LogP contribution >= 0.6 is 0 Å². The molecule has 0 atom stereocenters. The highest BCUT2D eigenvalue weighted by Gasteiger charge is 2.20. The Balaban J connectivity index is 1.88. The molecule has 0 aliphatic rings. The fourth-order valence-electron chi connectivity index (χ4n) is 3.82. The van der Waals surface area contributed by atoms with Crippen LogP contribution in [0.25, 0.3) is 27.9 Å². The van der Waals surface area contributed by atoms with Gasteiger partial charge in [-0.05, 0) is 43.3 Å². The molecule has 0 fully saturated rings. The maximum Gasteiger partial charge on any atom is 0.265 e. The van der Waals surface area contributed by atoms with Crippen molar-refractivity contribution in [2.24, 2.45) is 7.05 Å². The third kappa shape index (κ3) is 3.11. The molecule has 0 spiro atoms. The van der Waals surface area contributed by atoms with Crippen LogP contribution in [0, 0.1) is 0 Å². The Morgan fingerprint density at radius 1 is 0.903 bits per heavy atom. The maximum atomic E-state index is 12.9. The quantitative estimate of drug-likeness (QED) is 0.393. The lowest BCUT2D eigenvalue weighted by Crippen LogP contribution is -2.24. The first-order valence-electron chi connectivity index (χ1n) is 9.74. The van der Waals surface area contributed by atoms with Gasteiger partial charge in [0.15, 0.2) is 5.78 Å². The van der Waals surface area contributed by atoms with Crippen LogP contribution in [0.2, 0.25) is 0 Å². The number of rotatable bonds is 4. The van der Waals surface area contributed by atoms with Crippen LogP contribution in [0.1, 0.15) is 22.8 Å². The van der Waals surface area contributed by atoms with Gasteiger partial charge in [0.05, 0.1) is 16.6 Å². The zero-order valence-electron chi connectivity index (χ0n) is 17.0. The minimum Gasteiger partial charge on any atom is -0.506 e. The highest BCUT2D eigenvalue weighted by Crippen LogP contribution is 2.28. The molecule has 7 nitrogen and oxygen atoms in total. The lowest BCUT2D eigenvalue weighted by molar-refractivity contribution is 0.104. The molecule has 0 saturated carbocycles. The van der Waals surface area contributed by atoms with E-state index in [-0.39, 0.29) is 11.3 Å². The molecular weight excluding hydrogens is 396 g/mol. The highest BCUT2D eigenvalue weighted by molar-refractivity contribution is 6.11. The normalized spacial score (nSPS) is 11.5. The monoisotopic (exact) mass is 416 g/mol. The Hall–Kier alpha value is -4.13. The van der Waals surface area contributed by atoms with Crippen LogP contribution in [0.5, 0.6) is 11.5 Å². The molecule has 4 rings (SSSR count). The minimum absolute atomic E-state index is 0.0639. The number of aryl methyl sites for hydroxylation is 2. The predicted molar refractivity (Wildman–Crippen MR) is 120 cm³/mol. The second-order valence-electron chi connectivity index (χ2n) is 7.13. The molecule has 2 aromatic heterocycles. The number of aromatic nitrogens is 2. The summed E-state index contributed by atoms with van der Waals surface area (Å²) in [4.78, 5) is 38.4. The van der Waals surface area contributed by atoms with Crippen molar-refractivity contribution in [1.29, 1.82) is 0 Å². The fourth-order valence-corrected chi connectivity index (χ4v) is 3.82. The third-order valence-electron chi connectivity index (χ3n) is 5.42. The van der Waals surface area contributed by atoms with Crippen LogP contribution in [0.4, 0.5) is 0 Å². The van der Waals surface area contributed by atoms with E-state index in [1.807, 2.05) is 0 Å². The smallest absolute Gasteiger partial charge is 0.265 e. The number of nitrogens with zero attached hydrogens (tertiary/aromatic N) is 2. The molecule has 156 valence electrons. The van der Waals surface area contributed by atoms with E-state index < -0.39 is 28.2 Å². The number of para-hydroxylation sites is 2. The number of benzene rings is 2. The van der Waals surface area contributed by atoms with E-state index in [1.165, 1.54) is 22.3 Å². The molecule has 2 aromatic carbocycles. The van der Waals surface area contributed by atoms with Crippen LogP contribution < -0.4 is 11.1 Å². The van der Waals surface area contributed by atoms with Crippen molar-refractivity contribution in [3.8, 4) is 11.5 Å². The van der Waals surface area contributed by atoms with Gasteiger partial charge in [-0.1, -0.05) is 24.3 Å². The van der Waals surface area contributed by atoms with E-state index in [4.69, 9.17) is 0 Å². The standard InChI is InChI=1S/C24H20N2O5/c1-3-26-18-11-7-5-9-15(18)21(28)16(23(26)30)12-13-19(27)20-22(29)14-8-4-6-10-17(14)25(2)24(20)31/h4-13,28-29H,3H2,1-2H3. The van der Waals surface area contributed by atoms with Crippen LogP contribution in [0.15, 0.2) is 64.2 Å². The molecule has 0 amide bonds. The summed E-state index contributed by atoms with van der Waals surface area (Å²) in [6.07, 6.45) is 2.21. The summed E-state index contributed by atoms with van der Waals surface area (Å²) in [6, 6.07) is 13.6. The van der Waals surface area contributed by atoms with E-state index in [9.17, 15) is 24.6 Å². The predicted octanol–water partition coefficient (Wildman–Crippen LogP) is 3.18. The van der Waals surface area contributed by atoms with Crippen LogP contribution in [-0.2, 0) is 13.6 Å². The summed E-state index contributed by atoms with van der Waals surface area (Å²) in [6.45, 7) is 2.18. The number of carbonyl (C=O) groups is 1. The third-order valence-corrected chi connectivity index (χ3v) is 5.42. The Morgan fingerprint density at radius 2 is 1.48 bits per heavy atom. The molecule has 0 bridgehead atoms. The van der Waals surface area contributed by atoms with E-state index in [1.54, 1.807) is 55.5 Å². The fraction of sp³-hybridized carbons (Fsp3) is 0.125. The molecule has 2 N–H and O–H groups in total. The van der Waals surface area contributed by atoms with Crippen molar-refractivity contribution in [1.82, 2.24) is 9.13 Å². The van der Waals surface area contributed by atoms with Gasteiger partial charge in [-0.3, -0.25) is 14.4 Å². The Kier molecular flexibility index (Phi) is 4.94. The van der Waals surface area contributed by atoms with Gasteiger partial charge in [-0.15, -0.1) is 0 Å². The molecule has 31 heavy (non-hydrogen) atoms. The van der Waals surface area contributed by atoms with Gasteiger partial charge in [0, 0.05) is 24.4 Å². The summed E-state index contributed by atoms with van der Waals surface area (Å²) in [5.41, 5.74) is -0.502. The Morgan fingerprint density at radius 3 is 2.13 bits per heavy atom. The average Bonchev–Trinajstić information content (AvgIpc) is 2.78. The molecule has 0 unspecified atom stereocenters. The molecule has 0 saturated heterocycles. The topological polar surface area (TPSA) is 102 Å². The number of carbonyl (C=O) groups excluding carboxylic acids is 1. The highest BCUT2D eigenvalue weighted by atomic mass is 16.3. The molecule has 2 heterocycles. The number of hydrogen-bond donors (Lipinski definition) is 2. The number of allylic oxidation sites excluding steroid dienone is 1. The first-order valence-corrected chi connectivity index (χ1v) is 9.74. The van der Waals surface area contributed by atoms with Crippen LogP contribution in [-0.4, -0.2) is 25.1 Å². The first kappa shape index (κ1) is 20.2. The zero-order valence-corrected chi connectivity index (χ0v) is 17.0. The minimum atomic E-state index is -0.765. The van der Waals surface area contributed by atoms with Gasteiger partial charge in [0.25, 0.3) is 11.1 Å². The van der Waals surface area contributed by atoms with Gasteiger partial charge in [0.1, 0.15) is 17.1 Å². The largest absolute Gasteiger partial charge is 0.506 e. The summed E-state index contributed by atoms with van der Waals surface area (Å²) in [5.74, 6) is -1.43. The Labute approximate surface area is 176 Å². The van der Waals surface area contributed by atoms with Gasteiger partial charge in [0.2, 0.25) is 0 Å². The average molecular weight is 416 g/mol. The van der Waals surface area contributed by atoms with Crippen LogP contribution in [0.3, 0.4) is 0 Å². The maximum absolute atomic E-state index is 12.9. The number of hydrogen-bond acceptors (Lipinski definition) is 5. The van der Waals surface area contributed by atoms with E-state index in [0.717, 1.165) is 6.08 Å². The van der Waals surface area contributed by atoms with Gasteiger partial charge in [-0.2, -0.15) is 0 Å². The van der Waals surface area contributed by atoms with Crippen molar-refractivity contribution in [3.63, 3.8) is 0 Å².